The van der Waals surface area contributed by atoms with Crippen molar-refractivity contribution in [2.75, 3.05) is 18.0 Å². The molecule has 1 aliphatic heterocycles. The molecule has 4 rings (SSSR count). The number of aromatic nitrogens is 4. The van der Waals surface area contributed by atoms with E-state index in [4.69, 9.17) is 0 Å². The molecule has 0 bridgehead atoms. The van der Waals surface area contributed by atoms with Gasteiger partial charge in [0.05, 0.1) is 30.5 Å². The number of benzene rings is 1. The van der Waals surface area contributed by atoms with Crippen molar-refractivity contribution < 1.29 is 0 Å². The van der Waals surface area contributed by atoms with Crippen LogP contribution in [0.25, 0.3) is 11.3 Å². The molecule has 0 unspecified atom stereocenters. The van der Waals surface area contributed by atoms with Crippen LogP contribution in [0.4, 0.5) is 5.69 Å². The summed E-state index contributed by atoms with van der Waals surface area (Å²) in [6, 6.07) is 6.77. The topological polar surface area (TPSA) is 38.9 Å². The maximum Gasteiger partial charge on any atom is 0.0951 e. The second-order valence-corrected chi connectivity index (χ2v) is 7.32. The minimum atomic E-state index is 0.849. The molecule has 0 spiro atoms. The van der Waals surface area contributed by atoms with Crippen LogP contribution in [0.5, 0.6) is 0 Å². The van der Waals surface area contributed by atoms with E-state index in [2.05, 4.69) is 69.8 Å². The Hall–Kier alpha value is -2.82. The van der Waals surface area contributed by atoms with Gasteiger partial charge in [0, 0.05) is 36.6 Å². The molecule has 0 saturated heterocycles. The van der Waals surface area contributed by atoms with Crippen molar-refractivity contribution in [1.82, 2.24) is 19.3 Å². The lowest BCUT2D eigenvalue weighted by Crippen LogP contribution is -2.19. The van der Waals surface area contributed by atoms with Gasteiger partial charge in [0.2, 0.25) is 0 Å². The van der Waals surface area contributed by atoms with Crippen molar-refractivity contribution >= 4 is 5.69 Å². The smallest absolute Gasteiger partial charge is 0.0951 e. The predicted molar refractivity (Wildman–Crippen MR) is 110 cm³/mol. The van der Waals surface area contributed by atoms with Gasteiger partial charge in [-0.1, -0.05) is 12.1 Å². The molecule has 5 nitrogen and oxygen atoms in total. The second kappa shape index (κ2) is 7.06. The van der Waals surface area contributed by atoms with E-state index >= 15 is 0 Å². The van der Waals surface area contributed by atoms with Gasteiger partial charge < -0.3 is 9.47 Å². The fraction of sp³-hybridized carbons (Fsp3) is 0.364. The molecule has 27 heavy (non-hydrogen) atoms. The van der Waals surface area contributed by atoms with Crippen LogP contribution in [0.3, 0.4) is 0 Å². The monoisotopic (exact) mass is 361 g/mol. The molecular formula is C22H27N5. The van der Waals surface area contributed by atoms with E-state index in [1.54, 1.807) is 0 Å². The van der Waals surface area contributed by atoms with Crippen LogP contribution < -0.4 is 4.90 Å². The van der Waals surface area contributed by atoms with Crippen molar-refractivity contribution in [3.8, 4) is 11.3 Å². The average Bonchev–Trinajstić information content (AvgIpc) is 3.35. The summed E-state index contributed by atoms with van der Waals surface area (Å²) in [4.78, 5) is 6.79. The van der Waals surface area contributed by atoms with Crippen LogP contribution in [0, 0.1) is 20.8 Å². The van der Waals surface area contributed by atoms with E-state index in [1.165, 1.54) is 33.8 Å². The zero-order valence-electron chi connectivity index (χ0n) is 16.4. The number of aryl methyl sites for hydroxylation is 3. The van der Waals surface area contributed by atoms with E-state index in [0.717, 1.165) is 38.3 Å². The van der Waals surface area contributed by atoms with Gasteiger partial charge in [0.25, 0.3) is 0 Å². The highest BCUT2D eigenvalue weighted by Crippen LogP contribution is 2.32. The molecule has 1 aromatic carbocycles. The zero-order chi connectivity index (χ0) is 19.0. The molecule has 3 heterocycles. The van der Waals surface area contributed by atoms with Crippen molar-refractivity contribution in [3.05, 3.63) is 65.9 Å². The first-order valence-electron chi connectivity index (χ1n) is 9.58. The summed E-state index contributed by atoms with van der Waals surface area (Å²) in [5.74, 6) is 0. The maximum absolute atomic E-state index is 4.65. The molecule has 0 amide bonds. The highest BCUT2D eigenvalue weighted by molar-refractivity contribution is 5.68. The second-order valence-electron chi connectivity index (χ2n) is 7.32. The molecule has 3 aromatic rings. The average molecular weight is 361 g/mol. The first-order chi connectivity index (χ1) is 13.1. The molecule has 0 aliphatic carbocycles. The molecule has 5 heteroatoms. The van der Waals surface area contributed by atoms with Crippen LogP contribution in [-0.2, 0) is 19.5 Å². The van der Waals surface area contributed by atoms with Gasteiger partial charge in [0.1, 0.15) is 0 Å². The standard InChI is InChI=1S/C22H27N5/c1-5-9-25-10-8-20-13-19(6-7-21(20)25)22-14-23-15-26(22)11-12-27-18(4)16(2)17(3)24-27/h5-7,13-15H,1,8-12H2,2-4H3. The largest absolute Gasteiger partial charge is 0.367 e. The molecule has 0 radical (unpaired) electrons. The van der Waals surface area contributed by atoms with Gasteiger partial charge in [-0.05, 0) is 50.5 Å². The third kappa shape index (κ3) is 3.18. The minimum Gasteiger partial charge on any atom is -0.367 e. The quantitative estimate of drug-likeness (QED) is 0.625. The number of anilines is 1. The molecule has 0 N–H and O–H groups in total. The van der Waals surface area contributed by atoms with Gasteiger partial charge >= 0.3 is 0 Å². The number of fused-ring (bicyclic) bond motifs is 1. The van der Waals surface area contributed by atoms with Gasteiger partial charge in [-0.15, -0.1) is 6.58 Å². The summed E-state index contributed by atoms with van der Waals surface area (Å²) in [6.07, 6.45) is 6.95. The van der Waals surface area contributed by atoms with Crippen LogP contribution >= 0.6 is 0 Å². The molecule has 0 saturated carbocycles. The first-order valence-corrected chi connectivity index (χ1v) is 9.58. The first kappa shape index (κ1) is 17.6. The van der Waals surface area contributed by atoms with Gasteiger partial charge in [-0.3, -0.25) is 4.68 Å². The zero-order valence-corrected chi connectivity index (χ0v) is 16.4. The third-order valence-corrected chi connectivity index (χ3v) is 5.72. The van der Waals surface area contributed by atoms with Gasteiger partial charge in [-0.2, -0.15) is 5.10 Å². The van der Waals surface area contributed by atoms with E-state index in [1.807, 2.05) is 18.6 Å². The van der Waals surface area contributed by atoms with E-state index in [-0.39, 0.29) is 0 Å². The highest BCUT2D eigenvalue weighted by Gasteiger charge is 2.19. The number of imidazole rings is 1. The molecule has 140 valence electrons. The summed E-state index contributed by atoms with van der Waals surface area (Å²) in [5, 5.41) is 4.65. The number of hydrogen-bond acceptors (Lipinski definition) is 3. The molecular weight excluding hydrogens is 334 g/mol. The van der Waals surface area contributed by atoms with Crippen molar-refractivity contribution in [3.63, 3.8) is 0 Å². The summed E-state index contributed by atoms with van der Waals surface area (Å²) in [7, 11) is 0. The lowest BCUT2D eigenvalue weighted by atomic mass is 10.1. The SMILES string of the molecule is C=CCN1CCc2cc(-c3cncn3CCn3nc(C)c(C)c3C)ccc21. The fourth-order valence-electron chi connectivity index (χ4n) is 3.92. The summed E-state index contributed by atoms with van der Waals surface area (Å²) in [6.45, 7) is 13.9. The van der Waals surface area contributed by atoms with Gasteiger partial charge in [0.15, 0.2) is 0 Å². The normalized spacial score (nSPS) is 13.2. The van der Waals surface area contributed by atoms with Crippen LogP contribution in [0.1, 0.15) is 22.5 Å². The Morgan fingerprint density at radius 1 is 1.19 bits per heavy atom. The Kier molecular flexibility index (Phi) is 4.60. The summed E-state index contributed by atoms with van der Waals surface area (Å²) in [5.41, 5.74) is 8.78. The van der Waals surface area contributed by atoms with Crippen molar-refractivity contribution in [1.29, 1.82) is 0 Å². The fourth-order valence-corrected chi connectivity index (χ4v) is 3.92. The summed E-state index contributed by atoms with van der Waals surface area (Å²) >= 11 is 0. The lowest BCUT2D eigenvalue weighted by Gasteiger charge is -2.17. The molecule has 0 atom stereocenters. The Labute approximate surface area is 161 Å². The van der Waals surface area contributed by atoms with Gasteiger partial charge in [-0.25, -0.2) is 4.98 Å². The maximum atomic E-state index is 4.65. The Balaban J connectivity index is 1.55. The van der Waals surface area contributed by atoms with Crippen LogP contribution in [0.15, 0.2) is 43.4 Å². The molecule has 0 fully saturated rings. The Morgan fingerprint density at radius 2 is 2.04 bits per heavy atom. The minimum absolute atomic E-state index is 0.849. The molecule has 1 aliphatic rings. The van der Waals surface area contributed by atoms with Crippen LogP contribution in [-0.4, -0.2) is 32.4 Å². The summed E-state index contributed by atoms with van der Waals surface area (Å²) < 4.78 is 4.33. The Morgan fingerprint density at radius 3 is 2.78 bits per heavy atom. The number of rotatable bonds is 6. The van der Waals surface area contributed by atoms with E-state index in [9.17, 15) is 0 Å². The predicted octanol–water partition coefficient (Wildman–Crippen LogP) is 3.92. The number of nitrogens with zero attached hydrogens (tertiary/aromatic N) is 5. The van der Waals surface area contributed by atoms with Crippen molar-refractivity contribution in [2.24, 2.45) is 0 Å². The highest BCUT2D eigenvalue weighted by atomic mass is 15.3. The lowest BCUT2D eigenvalue weighted by molar-refractivity contribution is 0.523. The van der Waals surface area contributed by atoms with Crippen molar-refractivity contribution in [2.45, 2.75) is 40.3 Å². The van der Waals surface area contributed by atoms with E-state index in [0.29, 0.717) is 0 Å². The Bertz CT molecular complexity index is 979. The molecule has 2 aromatic heterocycles. The van der Waals surface area contributed by atoms with E-state index < -0.39 is 0 Å². The van der Waals surface area contributed by atoms with Crippen LogP contribution in [0.2, 0.25) is 0 Å². The number of hydrogen-bond donors (Lipinski definition) is 0. The third-order valence-electron chi connectivity index (χ3n) is 5.72.